The normalized spacial score (nSPS) is 11.1. The minimum absolute atomic E-state index is 0.0327. The first-order valence-corrected chi connectivity index (χ1v) is 7.53. The van der Waals surface area contributed by atoms with Crippen LogP contribution in [0.4, 0.5) is 0 Å². The van der Waals surface area contributed by atoms with E-state index < -0.39 is 0 Å². The summed E-state index contributed by atoms with van der Waals surface area (Å²) in [4.78, 5) is 19.6. The second-order valence-corrected chi connectivity index (χ2v) is 5.53. The lowest BCUT2D eigenvalue weighted by molar-refractivity contribution is 0.966. The van der Waals surface area contributed by atoms with E-state index in [9.17, 15) is 4.79 Å². The fourth-order valence-corrected chi connectivity index (χ4v) is 2.84. The lowest BCUT2D eigenvalue weighted by atomic mass is 10.2. The van der Waals surface area contributed by atoms with Gasteiger partial charge < -0.3 is 4.98 Å². The molecule has 5 heteroatoms. The summed E-state index contributed by atoms with van der Waals surface area (Å²) in [5, 5.41) is 0.857. The molecule has 0 fully saturated rings. The van der Waals surface area contributed by atoms with E-state index in [0.29, 0.717) is 5.78 Å². The Bertz CT molecular complexity index is 777. The highest BCUT2D eigenvalue weighted by Crippen LogP contribution is 2.21. The Hall–Kier alpha value is -2.01. The quantitative estimate of drug-likeness (QED) is 0.750. The minimum atomic E-state index is -0.0327. The Balaban J connectivity index is 1.86. The third-order valence-corrected chi connectivity index (χ3v) is 4.07. The molecule has 3 aromatic rings. The predicted octanol–water partition coefficient (Wildman–Crippen LogP) is 2.88. The maximum atomic E-state index is 11.9. The van der Waals surface area contributed by atoms with Crippen LogP contribution in [0, 0.1) is 0 Å². The van der Waals surface area contributed by atoms with E-state index in [4.69, 9.17) is 0 Å². The van der Waals surface area contributed by atoms with Crippen molar-refractivity contribution in [2.75, 3.05) is 0 Å². The molecule has 0 aliphatic rings. The molecule has 0 bridgehead atoms. The van der Waals surface area contributed by atoms with E-state index in [1.165, 1.54) is 5.56 Å². The van der Waals surface area contributed by atoms with Crippen molar-refractivity contribution in [3.05, 3.63) is 64.2 Å². The molecule has 2 heterocycles. The smallest absolute Gasteiger partial charge is 0.259 e. The Labute approximate surface area is 120 Å². The van der Waals surface area contributed by atoms with Gasteiger partial charge in [-0.25, -0.2) is 4.98 Å². The number of aromatic nitrogens is 3. The van der Waals surface area contributed by atoms with E-state index in [2.05, 4.69) is 22.1 Å². The molecule has 0 saturated carbocycles. The summed E-state index contributed by atoms with van der Waals surface area (Å²) in [5.74, 6) is 1.46. The highest BCUT2D eigenvalue weighted by Gasteiger charge is 2.06. The van der Waals surface area contributed by atoms with Crippen LogP contribution in [0.1, 0.15) is 18.2 Å². The van der Waals surface area contributed by atoms with Crippen LogP contribution in [0.3, 0.4) is 0 Å². The van der Waals surface area contributed by atoms with Crippen LogP contribution in [0.2, 0.25) is 0 Å². The molecule has 2 aromatic heterocycles. The van der Waals surface area contributed by atoms with Crippen molar-refractivity contribution in [3.63, 3.8) is 0 Å². The molecule has 0 saturated heterocycles. The second kappa shape index (κ2) is 5.54. The number of benzene rings is 1. The minimum Gasteiger partial charge on any atom is -0.329 e. The van der Waals surface area contributed by atoms with Gasteiger partial charge in [0.05, 0.1) is 0 Å². The zero-order valence-corrected chi connectivity index (χ0v) is 12.0. The maximum Gasteiger partial charge on any atom is 0.259 e. The van der Waals surface area contributed by atoms with Crippen LogP contribution in [-0.4, -0.2) is 14.4 Å². The molecule has 0 aliphatic carbocycles. The third-order valence-electron chi connectivity index (χ3n) is 3.10. The number of aromatic amines is 1. The topological polar surface area (TPSA) is 50.2 Å². The standard InChI is InChI=1S/C15H15N3OS/c1-2-12-8-14(19)18-9-13(17-15(18)16-12)20-10-11-6-4-3-5-7-11/h3-9H,2,10H2,1H3,(H,16,17). The molecule has 20 heavy (non-hydrogen) atoms. The van der Waals surface area contributed by atoms with E-state index >= 15 is 0 Å². The van der Waals surface area contributed by atoms with Gasteiger partial charge in [0, 0.05) is 23.7 Å². The van der Waals surface area contributed by atoms with E-state index in [-0.39, 0.29) is 5.56 Å². The van der Waals surface area contributed by atoms with Gasteiger partial charge in [-0.2, -0.15) is 0 Å². The molecule has 1 aromatic carbocycles. The number of nitrogens with zero attached hydrogens (tertiary/aromatic N) is 2. The lowest BCUT2D eigenvalue weighted by Crippen LogP contribution is -2.13. The molecule has 0 radical (unpaired) electrons. The average molecular weight is 285 g/mol. The first-order valence-electron chi connectivity index (χ1n) is 6.54. The molecule has 0 unspecified atom stereocenters. The number of nitrogens with one attached hydrogen (secondary N) is 1. The van der Waals surface area contributed by atoms with Crippen molar-refractivity contribution in [3.8, 4) is 0 Å². The van der Waals surface area contributed by atoms with Gasteiger partial charge in [0.15, 0.2) is 0 Å². The number of hydrogen-bond donors (Lipinski definition) is 1. The first kappa shape index (κ1) is 13.0. The molecule has 0 amide bonds. The molecule has 0 spiro atoms. The molecule has 1 N–H and O–H groups in total. The summed E-state index contributed by atoms with van der Waals surface area (Å²) in [6.07, 6.45) is 2.59. The predicted molar refractivity (Wildman–Crippen MR) is 81.2 cm³/mol. The zero-order valence-electron chi connectivity index (χ0n) is 11.2. The molecule has 4 nitrogen and oxygen atoms in total. The van der Waals surface area contributed by atoms with Gasteiger partial charge in [-0.3, -0.25) is 9.20 Å². The van der Waals surface area contributed by atoms with E-state index in [0.717, 1.165) is 22.9 Å². The highest BCUT2D eigenvalue weighted by molar-refractivity contribution is 7.98. The average Bonchev–Trinajstić information content (AvgIpc) is 2.89. The third kappa shape index (κ3) is 2.63. The second-order valence-electron chi connectivity index (χ2n) is 4.53. The van der Waals surface area contributed by atoms with Crippen LogP contribution in [0.5, 0.6) is 0 Å². The highest BCUT2D eigenvalue weighted by atomic mass is 32.2. The van der Waals surface area contributed by atoms with Crippen LogP contribution in [0.25, 0.3) is 5.78 Å². The summed E-state index contributed by atoms with van der Waals surface area (Å²) in [7, 11) is 0. The van der Waals surface area contributed by atoms with Gasteiger partial charge in [-0.1, -0.05) is 37.3 Å². The summed E-state index contributed by atoms with van der Waals surface area (Å²) in [5.41, 5.74) is 2.12. The van der Waals surface area contributed by atoms with Crippen LogP contribution in [-0.2, 0) is 12.2 Å². The van der Waals surface area contributed by atoms with Gasteiger partial charge >= 0.3 is 0 Å². The lowest BCUT2D eigenvalue weighted by Gasteiger charge is -1.97. The molecular formula is C15H15N3OS. The number of hydrogen-bond acceptors (Lipinski definition) is 3. The van der Waals surface area contributed by atoms with E-state index in [1.807, 2.05) is 25.1 Å². The van der Waals surface area contributed by atoms with Gasteiger partial charge in [0.25, 0.3) is 5.56 Å². The van der Waals surface area contributed by atoms with Crippen LogP contribution >= 0.6 is 11.8 Å². The van der Waals surface area contributed by atoms with Gasteiger partial charge in [0.1, 0.15) is 5.03 Å². The number of thioether (sulfide) groups is 1. The van der Waals surface area contributed by atoms with Gasteiger partial charge in [0.2, 0.25) is 5.78 Å². The molecule has 102 valence electrons. The van der Waals surface area contributed by atoms with Crippen molar-refractivity contribution in [2.24, 2.45) is 0 Å². The molecule has 3 rings (SSSR count). The molecule has 0 aliphatic heterocycles. The summed E-state index contributed by atoms with van der Waals surface area (Å²) in [6.45, 7) is 2.01. The Kier molecular flexibility index (Phi) is 3.60. The number of H-pyrrole nitrogens is 1. The summed E-state index contributed by atoms with van der Waals surface area (Å²) in [6, 6.07) is 11.9. The number of aryl methyl sites for hydroxylation is 1. The Morgan fingerprint density at radius 1 is 1.30 bits per heavy atom. The zero-order chi connectivity index (χ0) is 13.9. The summed E-state index contributed by atoms with van der Waals surface area (Å²) < 4.78 is 1.56. The fraction of sp³-hybridized carbons (Fsp3) is 0.200. The summed E-state index contributed by atoms with van der Waals surface area (Å²) >= 11 is 1.63. The number of rotatable bonds is 4. The van der Waals surface area contributed by atoms with Crippen molar-refractivity contribution >= 4 is 17.5 Å². The SMILES string of the molecule is CCc1cc(=O)n2cc(SCc3ccccc3)nc2[nH]1. The van der Waals surface area contributed by atoms with E-state index in [1.54, 1.807) is 28.4 Å². The fourth-order valence-electron chi connectivity index (χ4n) is 2.00. The number of imidazole rings is 1. The monoisotopic (exact) mass is 285 g/mol. The van der Waals surface area contributed by atoms with Crippen molar-refractivity contribution in [1.29, 1.82) is 0 Å². The number of fused-ring (bicyclic) bond motifs is 1. The van der Waals surface area contributed by atoms with Crippen LogP contribution in [0.15, 0.2) is 52.4 Å². The van der Waals surface area contributed by atoms with Crippen molar-refractivity contribution < 1.29 is 0 Å². The first-order chi connectivity index (χ1) is 9.76. The Morgan fingerprint density at radius 3 is 2.85 bits per heavy atom. The van der Waals surface area contributed by atoms with Crippen LogP contribution < -0.4 is 5.56 Å². The molecule has 0 atom stereocenters. The largest absolute Gasteiger partial charge is 0.329 e. The van der Waals surface area contributed by atoms with Crippen molar-refractivity contribution in [1.82, 2.24) is 14.4 Å². The van der Waals surface area contributed by atoms with Gasteiger partial charge in [-0.15, -0.1) is 11.8 Å². The Morgan fingerprint density at radius 2 is 2.10 bits per heavy atom. The molecular weight excluding hydrogens is 270 g/mol. The maximum absolute atomic E-state index is 11.9. The van der Waals surface area contributed by atoms with Gasteiger partial charge in [-0.05, 0) is 12.0 Å². The van der Waals surface area contributed by atoms with Crippen molar-refractivity contribution in [2.45, 2.75) is 24.1 Å².